The smallest absolute Gasteiger partial charge is 0.319 e. The maximum absolute atomic E-state index is 12.9. The van der Waals surface area contributed by atoms with Crippen LogP contribution in [0.25, 0.3) is 0 Å². The lowest BCUT2D eigenvalue weighted by atomic mass is 9.85. The van der Waals surface area contributed by atoms with Gasteiger partial charge < -0.3 is 5.73 Å². The second-order valence-electron chi connectivity index (χ2n) is 4.37. The maximum Gasteiger partial charge on any atom is 0.404 e. The van der Waals surface area contributed by atoms with Gasteiger partial charge in [0, 0.05) is 5.92 Å². The van der Waals surface area contributed by atoms with Gasteiger partial charge in [0.2, 0.25) is 0 Å². The van der Waals surface area contributed by atoms with Gasteiger partial charge in [-0.1, -0.05) is 60.7 Å². The van der Waals surface area contributed by atoms with Crippen molar-refractivity contribution in [2.75, 3.05) is 0 Å². The van der Waals surface area contributed by atoms with Gasteiger partial charge in [-0.15, -0.1) is 0 Å². The third-order valence-corrected chi connectivity index (χ3v) is 3.05. The summed E-state index contributed by atoms with van der Waals surface area (Å²) in [6.45, 7) is 0. The summed E-state index contributed by atoms with van der Waals surface area (Å²) in [5.41, 5.74) is 6.57. The lowest BCUT2D eigenvalue weighted by Crippen LogP contribution is -2.42. The van der Waals surface area contributed by atoms with E-state index >= 15 is 0 Å². The van der Waals surface area contributed by atoms with Crippen LogP contribution in [0.2, 0.25) is 0 Å². The molecule has 2 rings (SSSR count). The minimum Gasteiger partial charge on any atom is -0.319 e. The van der Waals surface area contributed by atoms with E-state index in [4.69, 9.17) is 5.73 Å². The first kappa shape index (κ1) is 13.6. The minimum absolute atomic E-state index is 0.568. The Morgan fingerprint density at radius 3 is 1.42 bits per heavy atom. The Labute approximate surface area is 109 Å². The molecule has 0 aliphatic carbocycles. The minimum atomic E-state index is -4.43. The van der Waals surface area contributed by atoms with Gasteiger partial charge in [0.25, 0.3) is 0 Å². The number of alkyl halides is 3. The number of nitrogens with two attached hydrogens (primary N) is 1. The summed E-state index contributed by atoms with van der Waals surface area (Å²) >= 11 is 0. The Bertz CT molecular complexity index is 468. The van der Waals surface area contributed by atoms with Gasteiger partial charge in [0.15, 0.2) is 0 Å². The fourth-order valence-electron chi connectivity index (χ4n) is 2.12. The summed E-state index contributed by atoms with van der Waals surface area (Å²) in [4.78, 5) is 0. The van der Waals surface area contributed by atoms with Crippen LogP contribution in [0.4, 0.5) is 13.2 Å². The van der Waals surface area contributed by atoms with E-state index in [0.29, 0.717) is 11.1 Å². The summed E-state index contributed by atoms with van der Waals surface area (Å²) in [7, 11) is 0. The maximum atomic E-state index is 12.9. The molecule has 0 saturated heterocycles. The Morgan fingerprint density at radius 2 is 1.11 bits per heavy atom. The van der Waals surface area contributed by atoms with E-state index in [-0.39, 0.29) is 0 Å². The zero-order chi connectivity index (χ0) is 13.9. The Balaban J connectivity index is 2.46. The van der Waals surface area contributed by atoms with E-state index in [0.717, 1.165) is 0 Å². The summed E-state index contributed by atoms with van der Waals surface area (Å²) in [5.74, 6) is -0.887. The molecule has 0 radical (unpaired) electrons. The molecular formula is C15H14F3N. The van der Waals surface area contributed by atoms with Crippen LogP contribution in [0.5, 0.6) is 0 Å². The molecule has 1 nitrogen and oxygen atoms in total. The molecule has 0 aromatic heterocycles. The van der Waals surface area contributed by atoms with Crippen LogP contribution in [0.15, 0.2) is 60.7 Å². The van der Waals surface area contributed by atoms with Crippen LogP contribution in [0.1, 0.15) is 17.0 Å². The van der Waals surface area contributed by atoms with Crippen molar-refractivity contribution in [3.05, 3.63) is 71.8 Å². The molecule has 0 amide bonds. The van der Waals surface area contributed by atoms with Crippen LogP contribution >= 0.6 is 0 Å². The number of rotatable bonds is 3. The monoisotopic (exact) mass is 265 g/mol. The van der Waals surface area contributed by atoms with Crippen LogP contribution in [-0.4, -0.2) is 12.2 Å². The first-order valence-electron chi connectivity index (χ1n) is 5.92. The van der Waals surface area contributed by atoms with Crippen molar-refractivity contribution in [1.29, 1.82) is 0 Å². The van der Waals surface area contributed by atoms with Gasteiger partial charge in [0.05, 0.1) is 0 Å². The molecule has 2 N–H and O–H groups in total. The van der Waals surface area contributed by atoms with E-state index in [1.807, 2.05) is 0 Å². The average molecular weight is 265 g/mol. The summed E-state index contributed by atoms with van der Waals surface area (Å²) in [5, 5.41) is 0. The first-order valence-corrected chi connectivity index (χ1v) is 5.92. The van der Waals surface area contributed by atoms with Crippen molar-refractivity contribution in [2.45, 2.75) is 18.1 Å². The molecule has 2 aromatic rings. The SMILES string of the molecule is NC(C(c1ccccc1)c1ccccc1)C(F)(F)F. The van der Waals surface area contributed by atoms with E-state index in [9.17, 15) is 13.2 Å². The second kappa shape index (κ2) is 5.45. The van der Waals surface area contributed by atoms with Crippen molar-refractivity contribution in [1.82, 2.24) is 0 Å². The van der Waals surface area contributed by atoms with Crippen LogP contribution in [0, 0.1) is 0 Å². The number of hydrogen-bond acceptors (Lipinski definition) is 1. The molecule has 0 spiro atoms. The number of hydrogen-bond donors (Lipinski definition) is 1. The molecule has 4 heteroatoms. The Kier molecular flexibility index (Phi) is 3.90. The topological polar surface area (TPSA) is 26.0 Å². The summed E-state index contributed by atoms with van der Waals surface area (Å²) in [6, 6.07) is 15.2. The largest absolute Gasteiger partial charge is 0.404 e. The average Bonchev–Trinajstić information content (AvgIpc) is 2.40. The molecule has 0 saturated carbocycles. The fourth-order valence-corrected chi connectivity index (χ4v) is 2.12. The Morgan fingerprint density at radius 1 is 0.737 bits per heavy atom. The molecule has 0 fully saturated rings. The lowest BCUT2D eigenvalue weighted by Gasteiger charge is -2.26. The van der Waals surface area contributed by atoms with Crippen molar-refractivity contribution in [3.8, 4) is 0 Å². The van der Waals surface area contributed by atoms with Gasteiger partial charge in [-0.25, -0.2) is 0 Å². The van der Waals surface area contributed by atoms with Gasteiger partial charge >= 0.3 is 6.18 Å². The van der Waals surface area contributed by atoms with Gasteiger partial charge in [-0.3, -0.25) is 0 Å². The van der Waals surface area contributed by atoms with Crippen LogP contribution in [-0.2, 0) is 0 Å². The molecule has 0 aliphatic rings. The van der Waals surface area contributed by atoms with Gasteiger partial charge in [-0.2, -0.15) is 13.2 Å². The molecule has 0 heterocycles. The second-order valence-corrected chi connectivity index (χ2v) is 4.37. The molecule has 1 atom stereocenters. The van der Waals surface area contributed by atoms with E-state index in [1.54, 1.807) is 60.7 Å². The molecule has 0 bridgehead atoms. The third-order valence-electron chi connectivity index (χ3n) is 3.05. The Hall–Kier alpha value is -1.81. The van der Waals surface area contributed by atoms with E-state index < -0.39 is 18.1 Å². The highest BCUT2D eigenvalue weighted by atomic mass is 19.4. The highest BCUT2D eigenvalue weighted by Crippen LogP contribution is 2.34. The van der Waals surface area contributed by atoms with E-state index in [1.165, 1.54) is 0 Å². The molecule has 100 valence electrons. The van der Waals surface area contributed by atoms with Crippen molar-refractivity contribution in [3.63, 3.8) is 0 Å². The highest BCUT2D eigenvalue weighted by molar-refractivity contribution is 5.34. The predicted molar refractivity (Wildman–Crippen MR) is 68.8 cm³/mol. The lowest BCUT2D eigenvalue weighted by molar-refractivity contribution is -0.150. The predicted octanol–water partition coefficient (Wildman–Crippen LogP) is 3.71. The quantitative estimate of drug-likeness (QED) is 0.899. The van der Waals surface area contributed by atoms with Crippen LogP contribution in [0.3, 0.4) is 0 Å². The zero-order valence-electron chi connectivity index (χ0n) is 10.1. The summed E-state index contributed by atoms with van der Waals surface area (Å²) < 4.78 is 38.8. The normalized spacial score (nSPS) is 13.5. The number of halogens is 3. The third kappa shape index (κ3) is 3.15. The molecule has 1 unspecified atom stereocenters. The van der Waals surface area contributed by atoms with E-state index in [2.05, 4.69) is 0 Å². The molecule has 19 heavy (non-hydrogen) atoms. The summed E-state index contributed by atoms with van der Waals surface area (Å²) in [6.07, 6.45) is -4.43. The van der Waals surface area contributed by atoms with Gasteiger partial charge in [-0.05, 0) is 11.1 Å². The first-order chi connectivity index (χ1) is 9.00. The highest BCUT2D eigenvalue weighted by Gasteiger charge is 2.43. The number of benzene rings is 2. The molecular weight excluding hydrogens is 251 g/mol. The van der Waals surface area contributed by atoms with Gasteiger partial charge in [0.1, 0.15) is 6.04 Å². The zero-order valence-corrected chi connectivity index (χ0v) is 10.1. The molecule has 2 aromatic carbocycles. The van der Waals surface area contributed by atoms with Crippen molar-refractivity contribution < 1.29 is 13.2 Å². The van der Waals surface area contributed by atoms with Crippen molar-refractivity contribution >= 4 is 0 Å². The molecule has 0 aliphatic heterocycles. The van der Waals surface area contributed by atoms with Crippen molar-refractivity contribution in [2.24, 2.45) is 5.73 Å². The fraction of sp³-hybridized carbons (Fsp3) is 0.200. The standard InChI is InChI=1S/C15H14F3N/c16-15(17,18)14(19)13(11-7-3-1-4-8-11)12-9-5-2-6-10-12/h1-10,13-14H,19H2. The van der Waals surface area contributed by atoms with Crippen LogP contribution < -0.4 is 5.73 Å².